The van der Waals surface area contributed by atoms with Crippen molar-refractivity contribution < 1.29 is 44.8 Å². The number of rotatable bonds is 2. The molecule has 2 aromatic rings. The number of allylic oxidation sites excluding steroid dienone is 4. The van der Waals surface area contributed by atoms with Gasteiger partial charge in [0.1, 0.15) is 0 Å². The van der Waals surface area contributed by atoms with Gasteiger partial charge in [-0.2, -0.15) is 29.8 Å². The van der Waals surface area contributed by atoms with E-state index in [2.05, 4.69) is 96.2 Å². The summed E-state index contributed by atoms with van der Waals surface area (Å²) in [5.41, 5.74) is 8.41. The van der Waals surface area contributed by atoms with Crippen molar-refractivity contribution in [2.75, 3.05) is 0 Å². The quantitative estimate of drug-likeness (QED) is 0.363. The van der Waals surface area contributed by atoms with Crippen molar-refractivity contribution in [3.63, 3.8) is 0 Å². The normalized spacial score (nSPS) is 15.0. The molecule has 0 nitrogen and oxygen atoms in total. The summed E-state index contributed by atoms with van der Waals surface area (Å²) in [6.07, 6.45) is 18.2. The third-order valence-corrected chi connectivity index (χ3v) is 6.95. The summed E-state index contributed by atoms with van der Waals surface area (Å²) < 4.78 is 1.71. The maximum atomic E-state index is 3.62. The number of benzene rings is 2. The van der Waals surface area contributed by atoms with E-state index in [1.807, 2.05) is 12.2 Å². The Morgan fingerprint density at radius 3 is 2.03 bits per heavy atom. The average Bonchev–Trinajstić information content (AvgIpc) is 3.45. The van der Waals surface area contributed by atoms with E-state index in [0.29, 0.717) is 11.8 Å². The second kappa shape index (κ2) is 15.2. The van der Waals surface area contributed by atoms with Gasteiger partial charge in [0.05, 0.1) is 0 Å². The van der Waals surface area contributed by atoms with E-state index in [0.717, 1.165) is 12.8 Å². The first-order valence-electron chi connectivity index (χ1n) is 11.9. The summed E-state index contributed by atoms with van der Waals surface area (Å²) >= 11 is 2.28. The standard InChI is InChI=1S/C19H21.C6H10.C5H5.2ClH.Ti/c1-12(2)14-5-7-18-16(9-14)11-17-10-15(13(3)4)6-8-19(17)18;1-2-4-6-5-3-1;1-2-4-5-3-1;;;/h5-9,12-13H,11H2,1-4H3;1-5H2;1-3H,4H2;2*1H;/q-1;;-1;;;+2/p-2. The number of hydrogen-bond donors (Lipinski definition) is 0. The molecule has 176 valence electrons. The predicted molar refractivity (Wildman–Crippen MR) is 131 cm³/mol. The summed E-state index contributed by atoms with van der Waals surface area (Å²) in [7, 11) is 0. The van der Waals surface area contributed by atoms with Gasteiger partial charge in [0.2, 0.25) is 0 Å². The van der Waals surface area contributed by atoms with Gasteiger partial charge in [-0.1, -0.05) is 51.5 Å². The van der Waals surface area contributed by atoms with Crippen molar-refractivity contribution in [3.8, 4) is 11.1 Å². The first-order valence-corrected chi connectivity index (χ1v) is 12.7. The van der Waals surface area contributed by atoms with E-state index in [1.54, 1.807) is 3.81 Å². The van der Waals surface area contributed by atoms with E-state index in [-0.39, 0.29) is 24.8 Å². The molecule has 0 aromatic heterocycles. The van der Waals surface area contributed by atoms with Gasteiger partial charge in [-0.25, -0.2) is 12.2 Å². The van der Waals surface area contributed by atoms with Crippen molar-refractivity contribution >= 4 is 3.81 Å². The molecule has 0 bridgehead atoms. The Morgan fingerprint density at radius 2 is 1.55 bits per heavy atom. The van der Waals surface area contributed by atoms with Gasteiger partial charge >= 0.3 is 55.9 Å². The molecular formula is C30H36Cl2Ti-2. The van der Waals surface area contributed by atoms with Crippen LogP contribution >= 0.6 is 0 Å². The molecule has 5 rings (SSSR count). The minimum atomic E-state index is 0. The molecule has 0 amide bonds. The summed E-state index contributed by atoms with van der Waals surface area (Å²) in [5, 5.41) is 0. The van der Waals surface area contributed by atoms with Crippen molar-refractivity contribution in [2.24, 2.45) is 0 Å². The van der Waals surface area contributed by atoms with E-state index in [1.165, 1.54) is 65.5 Å². The molecule has 0 radical (unpaired) electrons. The third kappa shape index (κ3) is 8.99. The van der Waals surface area contributed by atoms with Gasteiger partial charge in [-0.05, 0) is 29.4 Å². The molecule has 1 saturated carbocycles. The molecule has 33 heavy (non-hydrogen) atoms. The van der Waals surface area contributed by atoms with Crippen molar-refractivity contribution in [1.29, 1.82) is 0 Å². The molecule has 2 aromatic carbocycles. The van der Waals surface area contributed by atoms with Crippen LogP contribution in [0.25, 0.3) is 11.1 Å². The van der Waals surface area contributed by atoms with Crippen LogP contribution in [0.4, 0.5) is 0 Å². The Bertz CT molecular complexity index is 880. The van der Waals surface area contributed by atoms with Crippen molar-refractivity contribution in [1.82, 2.24) is 0 Å². The van der Waals surface area contributed by atoms with Gasteiger partial charge in [-0.3, -0.25) is 6.08 Å². The van der Waals surface area contributed by atoms with E-state index in [4.69, 9.17) is 0 Å². The van der Waals surface area contributed by atoms with Crippen LogP contribution in [-0.4, -0.2) is 3.81 Å². The maximum absolute atomic E-state index is 3.62. The summed E-state index contributed by atoms with van der Waals surface area (Å²) in [6, 6.07) is 15.1. The molecule has 0 N–H and O–H groups in total. The van der Waals surface area contributed by atoms with Crippen molar-refractivity contribution in [3.05, 3.63) is 83.0 Å². The fourth-order valence-corrected chi connectivity index (χ4v) is 4.73. The van der Waals surface area contributed by atoms with E-state index >= 15 is 0 Å². The second-order valence-electron chi connectivity index (χ2n) is 9.38. The topological polar surface area (TPSA) is 0 Å². The zero-order valence-electron chi connectivity index (χ0n) is 20.5. The molecule has 0 aliphatic heterocycles. The second-order valence-corrected chi connectivity index (χ2v) is 10.5. The van der Waals surface area contributed by atoms with Gasteiger partial charge in [-0.15, -0.1) is 17.5 Å². The zero-order chi connectivity index (χ0) is 22.2. The molecule has 0 spiro atoms. The molecule has 3 heteroatoms. The van der Waals surface area contributed by atoms with E-state index < -0.39 is 0 Å². The molecular weight excluding hydrogens is 479 g/mol. The first-order chi connectivity index (χ1) is 15.0. The summed E-state index contributed by atoms with van der Waals surface area (Å²) in [5.74, 6) is 1.16. The Hall–Kier alpha value is -0.916. The van der Waals surface area contributed by atoms with Crippen LogP contribution in [0.15, 0.2) is 48.6 Å². The Labute approximate surface area is 226 Å². The molecule has 0 unspecified atom stereocenters. The fraction of sp³-hybridized carbons (Fsp3) is 0.433. The summed E-state index contributed by atoms with van der Waals surface area (Å²) in [6.45, 7) is 8.98. The molecule has 0 heterocycles. The van der Waals surface area contributed by atoms with Crippen LogP contribution in [0.3, 0.4) is 0 Å². The Kier molecular flexibility index (Phi) is 13.8. The van der Waals surface area contributed by atoms with Gasteiger partial charge in [0.15, 0.2) is 0 Å². The third-order valence-electron chi connectivity index (χ3n) is 6.17. The van der Waals surface area contributed by atoms with Gasteiger partial charge < -0.3 is 24.8 Å². The number of halogens is 2. The zero-order valence-corrected chi connectivity index (χ0v) is 23.6. The van der Waals surface area contributed by atoms with Crippen LogP contribution in [0, 0.1) is 12.1 Å². The minimum absolute atomic E-state index is 0. The van der Waals surface area contributed by atoms with Crippen molar-refractivity contribution in [2.45, 2.75) is 84.5 Å². The van der Waals surface area contributed by atoms with Crippen LogP contribution < -0.4 is 24.8 Å². The van der Waals surface area contributed by atoms with Gasteiger partial charge in [0.25, 0.3) is 0 Å². The Morgan fingerprint density at radius 1 is 0.848 bits per heavy atom. The SMILES string of the molecule is CC(C)c1[c-]c2c(cc1)-c1ccc(C(C)C)cc1C2.[C-]1=CC=CC1.[Cl-].[Cl-].[Ti+2]=[C]1CCCCC1. The van der Waals surface area contributed by atoms with Gasteiger partial charge in [0, 0.05) is 0 Å². The van der Waals surface area contributed by atoms with E-state index in [9.17, 15) is 0 Å². The number of fused-ring (bicyclic) bond motifs is 3. The van der Waals surface area contributed by atoms with Crippen LogP contribution in [-0.2, 0) is 26.4 Å². The van der Waals surface area contributed by atoms with Crippen LogP contribution in [0.2, 0.25) is 0 Å². The number of hydrogen-bond acceptors (Lipinski definition) is 0. The molecule has 3 aliphatic carbocycles. The average molecular weight is 515 g/mol. The molecule has 0 atom stereocenters. The van der Waals surface area contributed by atoms with Crippen LogP contribution in [0.1, 0.15) is 100 Å². The first kappa shape index (κ1) is 30.1. The Balaban J connectivity index is 0.000000321. The molecule has 1 fully saturated rings. The monoisotopic (exact) mass is 514 g/mol. The molecule has 3 aliphatic rings. The fourth-order valence-electron chi connectivity index (χ4n) is 4.18. The molecule has 0 saturated heterocycles. The van der Waals surface area contributed by atoms with Crippen LogP contribution in [0.5, 0.6) is 0 Å². The summed E-state index contributed by atoms with van der Waals surface area (Å²) in [4.78, 5) is 0. The predicted octanol–water partition coefficient (Wildman–Crippen LogP) is 2.29.